The van der Waals surface area contributed by atoms with Crippen LogP contribution in [0.3, 0.4) is 0 Å². The van der Waals surface area contributed by atoms with Crippen LogP contribution in [0.2, 0.25) is 0 Å². The number of nitrogens with one attached hydrogen (secondary N) is 1. The van der Waals surface area contributed by atoms with Gasteiger partial charge in [-0.25, -0.2) is 4.98 Å². The summed E-state index contributed by atoms with van der Waals surface area (Å²) in [5.41, 5.74) is 2.98. The fraction of sp³-hybridized carbons (Fsp3) is 0.524. The lowest BCUT2D eigenvalue weighted by atomic mass is 9.70. The van der Waals surface area contributed by atoms with Gasteiger partial charge in [0.15, 0.2) is 11.5 Å². The molecule has 1 saturated carbocycles. The summed E-state index contributed by atoms with van der Waals surface area (Å²) in [7, 11) is 0. The molecule has 0 radical (unpaired) electrons. The van der Waals surface area contributed by atoms with E-state index in [2.05, 4.69) is 36.3 Å². The van der Waals surface area contributed by atoms with E-state index >= 15 is 0 Å². The van der Waals surface area contributed by atoms with Gasteiger partial charge in [-0.1, -0.05) is 32.5 Å². The molecule has 1 fully saturated rings. The van der Waals surface area contributed by atoms with Gasteiger partial charge in [-0.15, -0.1) is 5.10 Å². The van der Waals surface area contributed by atoms with Crippen LogP contribution in [0, 0.1) is 5.41 Å². The molecule has 29 heavy (non-hydrogen) atoms. The number of benzene rings is 1. The number of anilines is 1. The highest BCUT2D eigenvalue weighted by Gasteiger charge is 2.61. The molecule has 0 saturated heterocycles. The minimum atomic E-state index is -0.121. The molecule has 1 aromatic heterocycles. The van der Waals surface area contributed by atoms with Crippen LogP contribution in [-0.2, 0) is 10.2 Å². The third-order valence-electron chi connectivity index (χ3n) is 6.93. The normalized spacial score (nSPS) is 25.6. The van der Waals surface area contributed by atoms with Crippen molar-refractivity contribution in [2.24, 2.45) is 5.41 Å². The number of hydrogen-bond donors (Lipinski definition) is 1. The Morgan fingerprint density at radius 2 is 2.00 bits per heavy atom. The van der Waals surface area contributed by atoms with Gasteiger partial charge in [-0.2, -0.15) is 5.10 Å². The Morgan fingerprint density at radius 3 is 2.83 bits per heavy atom. The molecule has 2 aliphatic carbocycles. The van der Waals surface area contributed by atoms with Crippen molar-refractivity contribution < 1.29 is 14.3 Å². The topological polar surface area (TPSA) is 86.2 Å². The third-order valence-corrected chi connectivity index (χ3v) is 7.77. The molecule has 2 heterocycles. The van der Waals surface area contributed by atoms with Gasteiger partial charge < -0.3 is 14.8 Å². The van der Waals surface area contributed by atoms with E-state index in [4.69, 9.17) is 14.5 Å². The first kappa shape index (κ1) is 18.7. The van der Waals surface area contributed by atoms with Crippen molar-refractivity contribution in [3.8, 4) is 11.5 Å². The van der Waals surface area contributed by atoms with E-state index in [9.17, 15) is 4.79 Å². The molecule has 8 heteroatoms. The molecule has 1 N–H and O–H groups in total. The van der Waals surface area contributed by atoms with Crippen LogP contribution in [0.15, 0.2) is 23.4 Å². The number of ether oxygens (including phenoxy) is 2. The molecule has 1 amide bonds. The molecule has 152 valence electrons. The molecule has 2 bridgehead atoms. The van der Waals surface area contributed by atoms with Crippen LogP contribution in [-0.4, -0.2) is 40.1 Å². The predicted octanol–water partition coefficient (Wildman–Crippen LogP) is 3.55. The Labute approximate surface area is 174 Å². The highest BCUT2D eigenvalue weighted by atomic mass is 32.2. The summed E-state index contributed by atoms with van der Waals surface area (Å²) in [6.45, 7) is 7.96. The van der Waals surface area contributed by atoms with E-state index in [0.29, 0.717) is 41.5 Å². The van der Waals surface area contributed by atoms with Crippen molar-refractivity contribution in [1.29, 1.82) is 0 Å². The van der Waals surface area contributed by atoms with Crippen molar-refractivity contribution >= 4 is 23.4 Å². The fourth-order valence-electron chi connectivity index (χ4n) is 4.87. The van der Waals surface area contributed by atoms with Crippen molar-refractivity contribution in [2.45, 2.75) is 50.1 Å². The number of rotatable bonds is 4. The number of fused-ring (bicyclic) bond motifs is 6. The molecular formula is C21H24N4O3S. The summed E-state index contributed by atoms with van der Waals surface area (Å²) in [6, 6.07) is 5.40. The van der Waals surface area contributed by atoms with Gasteiger partial charge in [0, 0.05) is 23.1 Å². The van der Waals surface area contributed by atoms with Gasteiger partial charge in [0.25, 0.3) is 0 Å². The summed E-state index contributed by atoms with van der Waals surface area (Å²) < 4.78 is 11.1. The smallest absolute Gasteiger partial charge is 0.234 e. The quantitative estimate of drug-likeness (QED) is 0.769. The molecule has 0 spiro atoms. The minimum Gasteiger partial charge on any atom is -0.486 e. The average molecular weight is 413 g/mol. The SMILES string of the molecule is CC1(C)[C@@H]2CC[C@@]1(C)c1nc(SCC(=O)Nc3ccc4c(c3)OCCO4)nnc12. The monoisotopic (exact) mass is 412 g/mol. The number of carbonyl (C=O) groups excluding carboxylic acids is 1. The lowest BCUT2D eigenvalue weighted by molar-refractivity contribution is -0.113. The summed E-state index contributed by atoms with van der Waals surface area (Å²) in [5.74, 6) is 1.88. The standard InChI is InChI=1S/C21H24N4O3S/c1-20(2)13-6-7-21(20,3)18-17(13)24-25-19(23-18)29-11-16(26)22-12-4-5-14-15(10-12)28-9-8-27-14/h4-5,10,13H,6-9,11H2,1-3H3,(H,22,26)/t13-,21+/m1/s1. The second kappa shape index (κ2) is 6.58. The van der Waals surface area contributed by atoms with Crippen LogP contribution >= 0.6 is 11.8 Å². The van der Waals surface area contributed by atoms with E-state index in [-0.39, 0.29) is 22.5 Å². The van der Waals surface area contributed by atoms with Gasteiger partial charge >= 0.3 is 0 Å². The Morgan fingerprint density at radius 1 is 1.21 bits per heavy atom. The summed E-state index contributed by atoms with van der Waals surface area (Å²) in [5, 5.41) is 12.2. The van der Waals surface area contributed by atoms with Gasteiger partial charge in [0.1, 0.15) is 13.2 Å². The summed E-state index contributed by atoms with van der Waals surface area (Å²) >= 11 is 1.32. The molecule has 0 unspecified atom stereocenters. The molecule has 1 aliphatic heterocycles. The minimum absolute atomic E-state index is 0.0334. The van der Waals surface area contributed by atoms with Crippen LogP contribution < -0.4 is 14.8 Å². The first-order valence-electron chi connectivity index (χ1n) is 9.96. The zero-order chi connectivity index (χ0) is 20.2. The number of hydrogen-bond acceptors (Lipinski definition) is 7. The number of amides is 1. The molecular weight excluding hydrogens is 388 g/mol. The molecule has 2 atom stereocenters. The van der Waals surface area contributed by atoms with Crippen LogP contribution in [0.1, 0.15) is 50.9 Å². The first-order valence-corrected chi connectivity index (χ1v) is 10.9. The average Bonchev–Trinajstić information content (AvgIpc) is 3.05. The van der Waals surface area contributed by atoms with E-state index in [0.717, 1.165) is 24.2 Å². The fourth-order valence-corrected chi connectivity index (χ4v) is 5.46. The van der Waals surface area contributed by atoms with Crippen molar-refractivity contribution in [3.63, 3.8) is 0 Å². The highest BCUT2D eigenvalue weighted by molar-refractivity contribution is 7.99. The zero-order valence-electron chi connectivity index (χ0n) is 16.8. The number of aromatic nitrogens is 3. The van der Waals surface area contributed by atoms with Crippen LogP contribution in [0.4, 0.5) is 5.69 Å². The highest BCUT2D eigenvalue weighted by Crippen LogP contribution is 2.66. The number of nitrogens with zero attached hydrogens (tertiary/aromatic N) is 3. The molecule has 5 rings (SSSR count). The second-order valence-corrected chi connectivity index (χ2v) is 9.61. The number of carbonyl (C=O) groups is 1. The lowest BCUT2D eigenvalue weighted by Crippen LogP contribution is -2.32. The van der Waals surface area contributed by atoms with Crippen LogP contribution in [0.25, 0.3) is 0 Å². The van der Waals surface area contributed by atoms with E-state index in [1.54, 1.807) is 6.07 Å². The zero-order valence-corrected chi connectivity index (χ0v) is 17.6. The van der Waals surface area contributed by atoms with E-state index < -0.39 is 0 Å². The Bertz CT molecular complexity index is 996. The lowest BCUT2D eigenvalue weighted by Gasteiger charge is -2.33. The molecule has 3 aliphatic rings. The predicted molar refractivity (Wildman–Crippen MR) is 110 cm³/mol. The van der Waals surface area contributed by atoms with Gasteiger partial charge in [0.05, 0.1) is 17.1 Å². The summed E-state index contributed by atoms with van der Waals surface area (Å²) in [4.78, 5) is 17.2. The van der Waals surface area contributed by atoms with Gasteiger partial charge in [0.2, 0.25) is 11.1 Å². The van der Waals surface area contributed by atoms with Crippen molar-refractivity contribution in [1.82, 2.24) is 15.2 Å². The van der Waals surface area contributed by atoms with E-state index in [1.165, 1.54) is 11.8 Å². The Kier molecular flexibility index (Phi) is 4.24. The number of thioether (sulfide) groups is 1. The maximum absolute atomic E-state index is 12.4. The van der Waals surface area contributed by atoms with Crippen LogP contribution in [0.5, 0.6) is 11.5 Å². The summed E-state index contributed by atoms with van der Waals surface area (Å²) in [6.07, 6.45) is 2.28. The maximum atomic E-state index is 12.4. The third kappa shape index (κ3) is 2.87. The second-order valence-electron chi connectivity index (χ2n) is 8.67. The molecule has 1 aromatic carbocycles. The molecule has 7 nitrogen and oxygen atoms in total. The van der Waals surface area contributed by atoms with Gasteiger partial charge in [-0.3, -0.25) is 4.79 Å². The van der Waals surface area contributed by atoms with Crippen molar-refractivity contribution in [2.75, 3.05) is 24.3 Å². The molecule has 2 aromatic rings. The van der Waals surface area contributed by atoms with E-state index in [1.807, 2.05) is 12.1 Å². The largest absolute Gasteiger partial charge is 0.486 e. The Balaban J connectivity index is 1.25. The first-order chi connectivity index (χ1) is 13.9. The Hall–Kier alpha value is -2.35. The van der Waals surface area contributed by atoms with Crippen molar-refractivity contribution in [3.05, 3.63) is 29.6 Å². The maximum Gasteiger partial charge on any atom is 0.234 e. The van der Waals surface area contributed by atoms with Gasteiger partial charge in [-0.05, 0) is 30.4 Å².